The first-order valence-corrected chi connectivity index (χ1v) is 8.12. The lowest BCUT2D eigenvalue weighted by Gasteiger charge is -2.38. The van der Waals surface area contributed by atoms with E-state index in [1.165, 1.54) is 0 Å². The fraction of sp³-hybridized carbons (Fsp3) is 0.556. The summed E-state index contributed by atoms with van der Waals surface area (Å²) in [6, 6.07) is 7.59. The molecule has 1 aliphatic heterocycles. The Morgan fingerprint density at radius 3 is 2.70 bits per heavy atom. The zero-order chi connectivity index (χ0) is 17.0. The van der Waals surface area contributed by atoms with Gasteiger partial charge in [0.05, 0.1) is 5.41 Å². The van der Waals surface area contributed by atoms with E-state index in [1.807, 2.05) is 38.1 Å². The molecule has 0 spiro atoms. The van der Waals surface area contributed by atoms with Crippen molar-refractivity contribution >= 4 is 11.9 Å². The van der Waals surface area contributed by atoms with Crippen LogP contribution in [0.15, 0.2) is 24.3 Å². The summed E-state index contributed by atoms with van der Waals surface area (Å²) in [5.41, 5.74) is 0.113. The molecule has 0 bridgehead atoms. The standard InChI is InChI=1S/C18H25NO4/c1-4-14(23-15-9-6-5-8-13(15)2)16(20)19-11-7-10-18(3,12-19)17(21)22/h5-6,8-9,14H,4,7,10-12H2,1-3H3,(H,21,22). The zero-order valence-corrected chi connectivity index (χ0v) is 14.0. The Hall–Kier alpha value is -2.04. The van der Waals surface area contributed by atoms with Crippen LogP contribution in [0.2, 0.25) is 0 Å². The Balaban J connectivity index is 2.10. The number of rotatable bonds is 5. The highest BCUT2D eigenvalue weighted by atomic mass is 16.5. The molecule has 2 rings (SSSR count). The van der Waals surface area contributed by atoms with Gasteiger partial charge < -0.3 is 14.7 Å². The number of carboxylic acid groups (broad SMARTS) is 1. The molecular weight excluding hydrogens is 294 g/mol. The van der Waals surface area contributed by atoms with Gasteiger partial charge in [0.2, 0.25) is 0 Å². The van der Waals surface area contributed by atoms with Crippen LogP contribution in [0.1, 0.15) is 38.7 Å². The maximum Gasteiger partial charge on any atom is 0.311 e. The molecule has 1 saturated heterocycles. The molecule has 2 unspecified atom stereocenters. The fourth-order valence-corrected chi connectivity index (χ4v) is 2.96. The van der Waals surface area contributed by atoms with E-state index in [4.69, 9.17) is 4.74 Å². The minimum Gasteiger partial charge on any atom is -0.481 e. The number of amides is 1. The monoisotopic (exact) mass is 319 g/mol. The number of hydrogen-bond donors (Lipinski definition) is 1. The Kier molecular flexibility index (Phi) is 5.29. The highest BCUT2D eigenvalue weighted by Gasteiger charge is 2.40. The van der Waals surface area contributed by atoms with Crippen molar-refractivity contribution in [3.63, 3.8) is 0 Å². The first kappa shape index (κ1) is 17.3. The number of ether oxygens (including phenoxy) is 1. The molecule has 1 aromatic rings. The summed E-state index contributed by atoms with van der Waals surface area (Å²) in [4.78, 5) is 25.9. The van der Waals surface area contributed by atoms with Gasteiger partial charge in [-0.25, -0.2) is 0 Å². The second-order valence-corrected chi connectivity index (χ2v) is 6.51. The summed E-state index contributed by atoms with van der Waals surface area (Å²) in [7, 11) is 0. The van der Waals surface area contributed by atoms with Crippen molar-refractivity contribution in [1.82, 2.24) is 4.90 Å². The summed E-state index contributed by atoms with van der Waals surface area (Å²) in [5.74, 6) is -0.267. The molecule has 5 heteroatoms. The van der Waals surface area contributed by atoms with Gasteiger partial charge in [-0.05, 0) is 44.7 Å². The van der Waals surface area contributed by atoms with Crippen LogP contribution in [0, 0.1) is 12.3 Å². The molecule has 1 N–H and O–H groups in total. The molecule has 23 heavy (non-hydrogen) atoms. The van der Waals surface area contributed by atoms with Crippen LogP contribution >= 0.6 is 0 Å². The number of aliphatic carboxylic acids is 1. The molecule has 0 aromatic heterocycles. The first-order valence-electron chi connectivity index (χ1n) is 8.12. The minimum absolute atomic E-state index is 0.122. The molecule has 1 amide bonds. The Bertz CT molecular complexity index is 586. The second-order valence-electron chi connectivity index (χ2n) is 6.51. The van der Waals surface area contributed by atoms with Crippen molar-refractivity contribution in [3.05, 3.63) is 29.8 Å². The largest absolute Gasteiger partial charge is 0.481 e. The molecule has 1 aliphatic rings. The van der Waals surface area contributed by atoms with Crippen molar-refractivity contribution in [2.75, 3.05) is 13.1 Å². The summed E-state index contributed by atoms with van der Waals surface area (Å²) in [6.45, 7) is 6.39. The van der Waals surface area contributed by atoms with Gasteiger partial charge in [0.15, 0.2) is 6.10 Å². The maximum absolute atomic E-state index is 12.8. The van der Waals surface area contributed by atoms with Crippen molar-refractivity contribution in [3.8, 4) is 5.75 Å². The van der Waals surface area contributed by atoms with E-state index in [-0.39, 0.29) is 12.5 Å². The topological polar surface area (TPSA) is 66.8 Å². The molecule has 5 nitrogen and oxygen atoms in total. The molecule has 1 heterocycles. The average Bonchev–Trinajstić information content (AvgIpc) is 2.53. The quantitative estimate of drug-likeness (QED) is 0.906. The molecule has 1 fully saturated rings. The lowest BCUT2D eigenvalue weighted by atomic mass is 9.82. The summed E-state index contributed by atoms with van der Waals surface area (Å²) >= 11 is 0. The fourth-order valence-electron chi connectivity index (χ4n) is 2.96. The second kappa shape index (κ2) is 7.02. The van der Waals surface area contributed by atoms with Crippen LogP contribution in [-0.2, 0) is 9.59 Å². The lowest BCUT2D eigenvalue weighted by Crippen LogP contribution is -2.52. The smallest absolute Gasteiger partial charge is 0.311 e. The number of carbonyl (C=O) groups is 2. The Morgan fingerprint density at radius 2 is 2.09 bits per heavy atom. The van der Waals surface area contributed by atoms with Crippen molar-refractivity contribution < 1.29 is 19.4 Å². The van der Waals surface area contributed by atoms with Gasteiger partial charge in [-0.15, -0.1) is 0 Å². The van der Waals surface area contributed by atoms with Gasteiger partial charge in [0.25, 0.3) is 5.91 Å². The van der Waals surface area contributed by atoms with E-state index in [2.05, 4.69) is 0 Å². The predicted octanol–water partition coefficient (Wildman–Crippen LogP) is 2.87. The third kappa shape index (κ3) is 3.84. The minimum atomic E-state index is -0.866. The number of piperidine rings is 1. The van der Waals surface area contributed by atoms with Gasteiger partial charge in [-0.2, -0.15) is 0 Å². The van der Waals surface area contributed by atoms with Crippen LogP contribution < -0.4 is 4.74 Å². The average molecular weight is 319 g/mol. The summed E-state index contributed by atoms with van der Waals surface area (Å²) in [6.07, 6.45) is 1.27. The van der Waals surface area contributed by atoms with Crippen LogP contribution in [0.25, 0.3) is 0 Å². The summed E-state index contributed by atoms with van der Waals surface area (Å²) in [5, 5.41) is 9.40. The molecule has 1 aromatic carbocycles. The maximum atomic E-state index is 12.8. The number of carboxylic acids is 1. The van der Waals surface area contributed by atoms with Gasteiger partial charge in [-0.3, -0.25) is 9.59 Å². The normalized spacial score (nSPS) is 22.5. The molecule has 2 atom stereocenters. The number of carbonyl (C=O) groups excluding carboxylic acids is 1. The predicted molar refractivity (Wildman–Crippen MR) is 87.4 cm³/mol. The Labute approximate surface area is 137 Å². The van der Waals surface area contributed by atoms with Crippen LogP contribution in [0.5, 0.6) is 5.75 Å². The van der Waals surface area contributed by atoms with E-state index in [1.54, 1.807) is 11.8 Å². The lowest BCUT2D eigenvalue weighted by molar-refractivity contribution is -0.155. The number of para-hydroxylation sites is 1. The van der Waals surface area contributed by atoms with Crippen molar-refractivity contribution in [2.45, 2.75) is 46.1 Å². The number of hydrogen-bond acceptors (Lipinski definition) is 3. The molecule has 0 radical (unpaired) electrons. The third-order valence-corrected chi connectivity index (χ3v) is 4.53. The molecule has 126 valence electrons. The molecular formula is C18H25NO4. The van der Waals surface area contributed by atoms with Gasteiger partial charge in [-0.1, -0.05) is 25.1 Å². The number of aryl methyl sites for hydroxylation is 1. The zero-order valence-electron chi connectivity index (χ0n) is 14.0. The van der Waals surface area contributed by atoms with Gasteiger partial charge in [0, 0.05) is 13.1 Å². The van der Waals surface area contributed by atoms with Crippen molar-refractivity contribution in [2.24, 2.45) is 5.41 Å². The molecule has 0 saturated carbocycles. The van der Waals surface area contributed by atoms with Crippen LogP contribution in [0.4, 0.5) is 0 Å². The SMILES string of the molecule is CCC(Oc1ccccc1C)C(=O)N1CCCC(C)(C(=O)O)C1. The summed E-state index contributed by atoms with van der Waals surface area (Å²) < 4.78 is 5.90. The number of benzene rings is 1. The van der Waals surface area contributed by atoms with E-state index < -0.39 is 17.5 Å². The Morgan fingerprint density at radius 1 is 1.39 bits per heavy atom. The van der Waals surface area contributed by atoms with E-state index in [0.29, 0.717) is 31.6 Å². The number of nitrogens with zero attached hydrogens (tertiary/aromatic N) is 1. The third-order valence-electron chi connectivity index (χ3n) is 4.53. The highest BCUT2D eigenvalue weighted by Crippen LogP contribution is 2.30. The van der Waals surface area contributed by atoms with Crippen LogP contribution in [-0.4, -0.2) is 41.1 Å². The van der Waals surface area contributed by atoms with E-state index >= 15 is 0 Å². The van der Waals surface area contributed by atoms with Gasteiger partial charge >= 0.3 is 5.97 Å². The van der Waals surface area contributed by atoms with E-state index in [9.17, 15) is 14.7 Å². The highest BCUT2D eigenvalue weighted by molar-refractivity contribution is 5.83. The number of likely N-dealkylation sites (tertiary alicyclic amines) is 1. The first-order chi connectivity index (χ1) is 10.9. The van der Waals surface area contributed by atoms with E-state index in [0.717, 1.165) is 5.56 Å². The molecule has 0 aliphatic carbocycles. The van der Waals surface area contributed by atoms with Crippen LogP contribution in [0.3, 0.4) is 0 Å². The van der Waals surface area contributed by atoms with Crippen molar-refractivity contribution in [1.29, 1.82) is 0 Å². The van der Waals surface area contributed by atoms with Gasteiger partial charge in [0.1, 0.15) is 5.75 Å².